The molecule has 0 N–H and O–H groups in total. The Labute approximate surface area is 77.7 Å². The molecular formula is C12H24. The van der Waals surface area contributed by atoms with Crippen LogP contribution in [0.3, 0.4) is 0 Å². The van der Waals surface area contributed by atoms with Gasteiger partial charge in [-0.3, -0.25) is 0 Å². The monoisotopic (exact) mass is 168 g/mol. The van der Waals surface area contributed by atoms with Crippen molar-refractivity contribution in [1.29, 1.82) is 0 Å². The molecule has 1 fully saturated rings. The fourth-order valence-corrected chi connectivity index (χ4v) is 2.87. The second kappa shape index (κ2) is 3.05. The summed E-state index contributed by atoms with van der Waals surface area (Å²) in [5, 5.41) is 0. The zero-order chi connectivity index (χ0) is 9.52. The van der Waals surface area contributed by atoms with E-state index in [0.717, 1.165) is 23.7 Å². The van der Waals surface area contributed by atoms with E-state index in [1.807, 2.05) is 0 Å². The SMILES string of the molecule is CCC1(C)C(C)C1C(C)C(C)C. The molecule has 4 unspecified atom stereocenters. The van der Waals surface area contributed by atoms with Gasteiger partial charge in [-0.25, -0.2) is 0 Å². The van der Waals surface area contributed by atoms with Gasteiger partial charge in [0, 0.05) is 0 Å². The Bertz CT molecular complexity index is 159. The van der Waals surface area contributed by atoms with Gasteiger partial charge in [0.05, 0.1) is 0 Å². The molecule has 0 radical (unpaired) electrons. The van der Waals surface area contributed by atoms with Crippen LogP contribution in [0.5, 0.6) is 0 Å². The lowest BCUT2D eigenvalue weighted by Crippen LogP contribution is -2.10. The van der Waals surface area contributed by atoms with Crippen molar-refractivity contribution in [3.63, 3.8) is 0 Å². The van der Waals surface area contributed by atoms with E-state index >= 15 is 0 Å². The van der Waals surface area contributed by atoms with E-state index in [1.54, 1.807) is 0 Å². The van der Waals surface area contributed by atoms with Crippen LogP contribution in [-0.4, -0.2) is 0 Å². The van der Waals surface area contributed by atoms with Crippen molar-refractivity contribution in [2.24, 2.45) is 29.1 Å². The highest BCUT2D eigenvalue weighted by Crippen LogP contribution is 2.64. The van der Waals surface area contributed by atoms with E-state index in [1.165, 1.54) is 6.42 Å². The van der Waals surface area contributed by atoms with Crippen LogP contribution in [0.4, 0.5) is 0 Å². The molecule has 4 atom stereocenters. The molecule has 0 saturated heterocycles. The Morgan fingerprint density at radius 2 is 1.75 bits per heavy atom. The Hall–Kier alpha value is 0. The summed E-state index contributed by atoms with van der Waals surface area (Å²) in [5.74, 6) is 3.71. The van der Waals surface area contributed by atoms with Gasteiger partial charge in [0.15, 0.2) is 0 Å². The van der Waals surface area contributed by atoms with Gasteiger partial charge >= 0.3 is 0 Å². The van der Waals surface area contributed by atoms with Crippen LogP contribution in [0.25, 0.3) is 0 Å². The lowest BCUT2D eigenvalue weighted by Gasteiger charge is -2.18. The van der Waals surface area contributed by atoms with Crippen LogP contribution >= 0.6 is 0 Å². The first-order valence-electron chi connectivity index (χ1n) is 5.45. The molecule has 0 heterocycles. The van der Waals surface area contributed by atoms with Gasteiger partial charge in [-0.2, -0.15) is 0 Å². The van der Waals surface area contributed by atoms with Crippen molar-refractivity contribution in [1.82, 2.24) is 0 Å². The normalized spacial score (nSPS) is 43.2. The van der Waals surface area contributed by atoms with E-state index in [2.05, 4.69) is 41.5 Å². The van der Waals surface area contributed by atoms with Crippen molar-refractivity contribution in [3.8, 4) is 0 Å². The lowest BCUT2D eigenvalue weighted by atomic mass is 9.88. The highest BCUT2D eigenvalue weighted by atomic mass is 14.6. The topological polar surface area (TPSA) is 0 Å². The number of hydrogen-bond acceptors (Lipinski definition) is 0. The lowest BCUT2D eigenvalue weighted by molar-refractivity contribution is 0.313. The molecule has 1 saturated carbocycles. The highest BCUT2D eigenvalue weighted by molar-refractivity contribution is 5.06. The first-order valence-corrected chi connectivity index (χ1v) is 5.45. The van der Waals surface area contributed by atoms with Gasteiger partial charge in [0.1, 0.15) is 0 Å². The maximum absolute atomic E-state index is 2.46. The molecule has 12 heavy (non-hydrogen) atoms. The summed E-state index contributed by atoms with van der Waals surface area (Å²) in [5.41, 5.74) is 0.670. The minimum atomic E-state index is 0.670. The first-order chi connectivity index (χ1) is 5.45. The van der Waals surface area contributed by atoms with E-state index in [9.17, 15) is 0 Å². The summed E-state index contributed by atoms with van der Waals surface area (Å²) < 4.78 is 0. The average molecular weight is 168 g/mol. The van der Waals surface area contributed by atoms with Crippen LogP contribution in [0.15, 0.2) is 0 Å². The minimum Gasteiger partial charge on any atom is -0.0648 e. The van der Waals surface area contributed by atoms with Crippen molar-refractivity contribution < 1.29 is 0 Å². The van der Waals surface area contributed by atoms with Crippen LogP contribution in [0.1, 0.15) is 48.0 Å². The smallest absolute Gasteiger partial charge is 0.0266 e. The van der Waals surface area contributed by atoms with Crippen molar-refractivity contribution >= 4 is 0 Å². The fourth-order valence-electron chi connectivity index (χ4n) is 2.87. The molecule has 0 aliphatic heterocycles. The summed E-state index contributed by atoms with van der Waals surface area (Å²) in [7, 11) is 0. The molecule has 0 nitrogen and oxygen atoms in total. The largest absolute Gasteiger partial charge is 0.0648 e. The predicted molar refractivity (Wildman–Crippen MR) is 55.1 cm³/mol. The summed E-state index contributed by atoms with van der Waals surface area (Å²) in [6.07, 6.45) is 1.36. The van der Waals surface area contributed by atoms with Gasteiger partial charge in [-0.1, -0.05) is 48.0 Å². The third-order valence-electron chi connectivity index (χ3n) is 4.61. The summed E-state index contributed by atoms with van der Waals surface area (Å²) >= 11 is 0. The van der Waals surface area contributed by atoms with Gasteiger partial charge < -0.3 is 0 Å². The number of rotatable bonds is 3. The van der Waals surface area contributed by atoms with Gasteiger partial charge in [-0.15, -0.1) is 0 Å². The molecule has 0 aromatic carbocycles. The second-order valence-electron chi connectivity index (χ2n) is 5.28. The maximum atomic E-state index is 2.46. The second-order valence-corrected chi connectivity index (χ2v) is 5.28. The molecule has 0 bridgehead atoms. The minimum absolute atomic E-state index is 0.670. The van der Waals surface area contributed by atoms with Gasteiger partial charge in [0.25, 0.3) is 0 Å². The zero-order valence-corrected chi connectivity index (χ0v) is 9.52. The van der Waals surface area contributed by atoms with Crippen LogP contribution < -0.4 is 0 Å². The van der Waals surface area contributed by atoms with Crippen molar-refractivity contribution in [2.75, 3.05) is 0 Å². The highest BCUT2D eigenvalue weighted by Gasteiger charge is 2.58. The van der Waals surface area contributed by atoms with Crippen molar-refractivity contribution in [3.05, 3.63) is 0 Å². The molecule has 0 aromatic rings. The Morgan fingerprint density at radius 1 is 1.25 bits per heavy atom. The van der Waals surface area contributed by atoms with E-state index in [-0.39, 0.29) is 0 Å². The van der Waals surface area contributed by atoms with Crippen molar-refractivity contribution in [2.45, 2.75) is 48.0 Å². The van der Waals surface area contributed by atoms with Crippen LogP contribution in [0.2, 0.25) is 0 Å². The standard InChI is InChI=1S/C12H24/c1-7-12(6)10(5)11(12)9(4)8(2)3/h8-11H,7H2,1-6H3. The average Bonchev–Trinajstić information content (AvgIpc) is 2.55. The fraction of sp³-hybridized carbons (Fsp3) is 1.00. The molecule has 72 valence electrons. The Balaban J connectivity index is 2.58. The van der Waals surface area contributed by atoms with E-state index in [4.69, 9.17) is 0 Å². The predicted octanol–water partition coefficient (Wildman–Crippen LogP) is 3.96. The Kier molecular flexibility index (Phi) is 2.56. The molecule has 0 amide bonds. The van der Waals surface area contributed by atoms with E-state index in [0.29, 0.717) is 5.41 Å². The molecule has 1 aliphatic rings. The molecule has 0 spiro atoms. The third kappa shape index (κ3) is 1.30. The van der Waals surface area contributed by atoms with E-state index < -0.39 is 0 Å². The summed E-state index contributed by atoms with van der Waals surface area (Å²) in [4.78, 5) is 0. The van der Waals surface area contributed by atoms with Gasteiger partial charge in [-0.05, 0) is 29.1 Å². The molecule has 1 aliphatic carbocycles. The number of hydrogen-bond donors (Lipinski definition) is 0. The maximum Gasteiger partial charge on any atom is -0.0266 e. The Morgan fingerprint density at radius 3 is 2.00 bits per heavy atom. The molecule has 0 heteroatoms. The summed E-state index contributed by atoms with van der Waals surface area (Å²) in [6, 6.07) is 0. The zero-order valence-electron chi connectivity index (χ0n) is 9.52. The molecule has 1 rings (SSSR count). The summed E-state index contributed by atoms with van der Waals surface area (Å²) in [6.45, 7) is 14.3. The van der Waals surface area contributed by atoms with Crippen LogP contribution in [-0.2, 0) is 0 Å². The van der Waals surface area contributed by atoms with Gasteiger partial charge in [0.2, 0.25) is 0 Å². The quantitative estimate of drug-likeness (QED) is 0.598. The molecule has 0 aromatic heterocycles. The third-order valence-corrected chi connectivity index (χ3v) is 4.61. The molecular weight excluding hydrogens is 144 g/mol. The first kappa shape index (κ1) is 10.1. The van der Waals surface area contributed by atoms with Crippen LogP contribution in [0, 0.1) is 29.1 Å².